The van der Waals surface area contributed by atoms with Crippen molar-refractivity contribution in [1.29, 1.82) is 0 Å². The Balaban J connectivity index is 1.45. The largest absolute Gasteiger partial charge is 0.484 e. The summed E-state index contributed by atoms with van der Waals surface area (Å²) in [7, 11) is 0. The van der Waals surface area contributed by atoms with E-state index in [1.54, 1.807) is 29.3 Å². The summed E-state index contributed by atoms with van der Waals surface area (Å²) in [5, 5.41) is 6.93. The Morgan fingerprint density at radius 3 is 3.08 bits per heavy atom. The Morgan fingerprint density at radius 1 is 1.38 bits per heavy atom. The topological polar surface area (TPSA) is 76.7 Å². The number of thioether (sulfide) groups is 1. The van der Waals surface area contributed by atoms with E-state index in [2.05, 4.69) is 10.2 Å². The molecular weight excluding hydrogens is 330 g/mol. The highest BCUT2D eigenvalue weighted by molar-refractivity contribution is 7.99. The van der Waals surface area contributed by atoms with E-state index in [0.717, 1.165) is 17.9 Å². The highest BCUT2D eigenvalue weighted by Crippen LogP contribution is 2.35. The second-order valence-corrected chi connectivity index (χ2v) is 6.67. The maximum absolute atomic E-state index is 12.7. The summed E-state index contributed by atoms with van der Waals surface area (Å²) in [6.07, 6.45) is 2.68. The Labute approximate surface area is 143 Å². The highest BCUT2D eigenvalue weighted by atomic mass is 32.2. The molecule has 2 aliphatic rings. The maximum atomic E-state index is 12.7. The number of rotatable bonds is 5. The van der Waals surface area contributed by atoms with Gasteiger partial charge in [0.05, 0.1) is 0 Å². The van der Waals surface area contributed by atoms with Crippen LogP contribution >= 0.6 is 11.8 Å². The minimum Gasteiger partial charge on any atom is -0.484 e. The van der Waals surface area contributed by atoms with Gasteiger partial charge in [0.1, 0.15) is 5.75 Å². The summed E-state index contributed by atoms with van der Waals surface area (Å²) in [4.78, 5) is 14.5. The molecule has 3 heterocycles. The van der Waals surface area contributed by atoms with E-state index < -0.39 is 0 Å². The lowest BCUT2D eigenvalue weighted by atomic mass is 10.2. The van der Waals surface area contributed by atoms with Gasteiger partial charge in [-0.3, -0.25) is 14.8 Å². The fourth-order valence-corrected chi connectivity index (χ4v) is 4.01. The molecule has 126 valence electrons. The van der Waals surface area contributed by atoms with Crippen LogP contribution in [0.5, 0.6) is 17.2 Å². The van der Waals surface area contributed by atoms with Crippen LogP contribution in [0.3, 0.4) is 0 Å². The van der Waals surface area contributed by atoms with E-state index in [4.69, 9.17) is 14.2 Å². The number of amides is 1. The molecule has 2 aromatic rings. The monoisotopic (exact) mass is 347 g/mol. The van der Waals surface area contributed by atoms with Crippen molar-refractivity contribution in [3.05, 3.63) is 30.5 Å². The molecule has 1 unspecified atom stereocenters. The van der Waals surface area contributed by atoms with Crippen LogP contribution in [0.15, 0.2) is 30.5 Å². The first kappa shape index (κ1) is 15.2. The van der Waals surface area contributed by atoms with Gasteiger partial charge >= 0.3 is 0 Å². The van der Waals surface area contributed by atoms with Crippen molar-refractivity contribution in [2.24, 2.45) is 0 Å². The average Bonchev–Trinajstić information content (AvgIpc) is 3.35. The molecule has 1 aromatic heterocycles. The van der Waals surface area contributed by atoms with E-state index >= 15 is 0 Å². The van der Waals surface area contributed by atoms with Gasteiger partial charge in [-0.1, -0.05) is 0 Å². The van der Waals surface area contributed by atoms with Gasteiger partial charge in [-0.2, -0.15) is 16.9 Å². The fourth-order valence-electron chi connectivity index (χ4n) is 2.81. The number of fused-ring (bicyclic) bond motifs is 1. The standard InChI is InChI=1S/C16H17N3O4S/c20-16(8-21-12-1-2-13-14(7-12)23-10-22-13)19(11-4-6-24-9-11)15-3-5-17-18-15/h1-3,5,7,11H,4,6,8-10H2,(H,17,18). The van der Waals surface area contributed by atoms with Gasteiger partial charge in [-0.15, -0.1) is 0 Å². The lowest BCUT2D eigenvalue weighted by Gasteiger charge is -2.26. The summed E-state index contributed by atoms with van der Waals surface area (Å²) in [5.41, 5.74) is 0. The summed E-state index contributed by atoms with van der Waals surface area (Å²) < 4.78 is 16.2. The fraction of sp³-hybridized carbons (Fsp3) is 0.375. The van der Waals surface area contributed by atoms with E-state index in [1.807, 2.05) is 17.8 Å². The molecule has 1 N–H and O–H groups in total. The third-order valence-electron chi connectivity index (χ3n) is 3.98. The molecule has 24 heavy (non-hydrogen) atoms. The zero-order valence-corrected chi connectivity index (χ0v) is 13.8. The quantitative estimate of drug-likeness (QED) is 0.892. The zero-order valence-electron chi connectivity index (χ0n) is 12.9. The first-order valence-corrected chi connectivity index (χ1v) is 8.89. The number of benzene rings is 1. The number of carbonyl (C=O) groups is 1. The molecule has 7 nitrogen and oxygen atoms in total. The Bertz CT molecular complexity index is 716. The number of H-pyrrole nitrogens is 1. The van der Waals surface area contributed by atoms with Crippen molar-refractivity contribution in [2.75, 3.05) is 29.8 Å². The van der Waals surface area contributed by atoms with Crippen LogP contribution in [-0.4, -0.2) is 47.1 Å². The molecule has 1 fully saturated rings. The summed E-state index contributed by atoms with van der Waals surface area (Å²) >= 11 is 1.85. The first-order valence-electron chi connectivity index (χ1n) is 7.73. The van der Waals surface area contributed by atoms with Crippen molar-refractivity contribution < 1.29 is 19.0 Å². The van der Waals surface area contributed by atoms with Gasteiger partial charge in [-0.05, 0) is 24.3 Å². The normalized spacial score (nSPS) is 18.6. The Morgan fingerprint density at radius 2 is 2.29 bits per heavy atom. The van der Waals surface area contributed by atoms with Crippen LogP contribution in [0.25, 0.3) is 0 Å². The van der Waals surface area contributed by atoms with Crippen molar-refractivity contribution in [3.63, 3.8) is 0 Å². The number of nitrogens with zero attached hydrogens (tertiary/aromatic N) is 2. The van der Waals surface area contributed by atoms with Gasteiger partial charge in [0.2, 0.25) is 6.79 Å². The number of anilines is 1. The van der Waals surface area contributed by atoms with Crippen LogP contribution in [0, 0.1) is 0 Å². The van der Waals surface area contributed by atoms with Crippen molar-refractivity contribution in [1.82, 2.24) is 10.2 Å². The number of aromatic amines is 1. The number of nitrogens with one attached hydrogen (secondary N) is 1. The Hall–Kier alpha value is -2.35. The van der Waals surface area contributed by atoms with Crippen molar-refractivity contribution in [2.45, 2.75) is 12.5 Å². The molecule has 0 aliphatic carbocycles. The number of carbonyl (C=O) groups excluding carboxylic acids is 1. The molecular formula is C16H17N3O4S. The minimum atomic E-state index is -0.104. The third kappa shape index (κ3) is 3.01. The van der Waals surface area contributed by atoms with Gasteiger partial charge in [0.15, 0.2) is 23.9 Å². The smallest absolute Gasteiger partial charge is 0.266 e. The summed E-state index contributed by atoms with van der Waals surface area (Å²) in [6.45, 7) is 0.164. The van der Waals surface area contributed by atoms with Crippen LogP contribution in [0.4, 0.5) is 5.82 Å². The lowest BCUT2D eigenvalue weighted by molar-refractivity contribution is -0.121. The predicted molar refractivity (Wildman–Crippen MR) is 89.9 cm³/mol. The number of aromatic nitrogens is 2. The third-order valence-corrected chi connectivity index (χ3v) is 5.12. The van der Waals surface area contributed by atoms with Crippen molar-refractivity contribution in [3.8, 4) is 17.2 Å². The zero-order chi connectivity index (χ0) is 16.4. The maximum Gasteiger partial charge on any atom is 0.266 e. The second kappa shape index (κ2) is 6.64. The molecule has 1 amide bonds. The van der Waals surface area contributed by atoms with Crippen LogP contribution < -0.4 is 19.1 Å². The lowest BCUT2D eigenvalue weighted by Crippen LogP contribution is -2.43. The van der Waals surface area contributed by atoms with Gasteiger partial charge < -0.3 is 14.2 Å². The summed E-state index contributed by atoms with van der Waals surface area (Å²) in [6, 6.07) is 7.25. The molecule has 0 radical (unpaired) electrons. The molecule has 1 atom stereocenters. The minimum absolute atomic E-state index is 0.0479. The predicted octanol–water partition coefficient (Wildman–Crippen LogP) is 2.06. The molecule has 0 bridgehead atoms. The van der Waals surface area contributed by atoms with Gasteiger partial charge in [0.25, 0.3) is 5.91 Å². The molecule has 1 saturated heterocycles. The SMILES string of the molecule is O=C(COc1ccc2c(c1)OCO2)N(c1cc[nH]n1)C1CCSC1. The first-order chi connectivity index (χ1) is 11.8. The average molecular weight is 347 g/mol. The molecule has 0 spiro atoms. The number of hydrogen-bond acceptors (Lipinski definition) is 6. The van der Waals surface area contributed by atoms with Crippen LogP contribution in [0.2, 0.25) is 0 Å². The van der Waals surface area contributed by atoms with Crippen LogP contribution in [-0.2, 0) is 4.79 Å². The van der Waals surface area contributed by atoms with Crippen LogP contribution in [0.1, 0.15) is 6.42 Å². The number of ether oxygens (including phenoxy) is 3. The molecule has 1 aromatic carbocycles. The molecule has 8 heteroatoms. The number of hydrogen-bond donors (Lipinski definition) is 1. The van der Waals surface area contributed by atoms with Crippen molar-refractivity contribution >= 4 is 23.5 Å². The highest BCUT2D eigenvalue weighted by Gasteiger charge is 2.30. The van der Waals surface area contributed by atoms with Gasteiger partial charge in [-0.25, -0.2) is 0 Å². The molecule has 0 saturated carbocycles. The van der Waals surface area contributed by atoms with E-state index in [1.165, 1.54) is 0 Å². The van der Waals surface area contributed by atoms with E-state index in [-0.39, 0.29) is 25.3 Å². The second-order valence-electron chi connectivity index (χ2n) is 5.52. The molecule has 2 aliphatic heterocycles. The van der Waals surface area contributed by atoms with E-state index in [0.29, 0.717) is 23.1 Å². The molecule has 4 rings (SSSR count). The summed E-state index contributed by atoms with van der Waals surface area (Å²) in [5.74, 6) is 4.42. The van der Waals surface area contributed by atoms with Gasteiger partial charge in [0, 0.05) is 30.1 Å². The Kier molecular flexibility index (Phi) is 4.20. The van der Waals surface area contributed by atoms with E-state index in [9.17, 15) is 4.79 Å².